The molecule has 0 radical (unpaired) electrons. The van der Waals surface area contributed by atoms with Crippen molar-refractivity contribution >= 4 is 29.0 Å². The molecular weight excluding hydrogens is 463 g/mol. The van der Waals surface area contributed by atoms with Gasteiger partial charge in [0.15, 0.2) is 11.0 Å². The number of para-hydroxylation sites is 1. The lowest BCUT2D eigenvalue weighted by Crippen LogP contribution is -2.24. The van der Waals surface area contributed by atoms with Crippen LogP contribution in [0, 0.1) is 0 Å². The van der Waals surface area contributed by atoms with Gasteiger partial charge in [-0.25, -0.2) is 0 Å². The van der Waals surface area contributed by atoms with Gasteiger partial charge in [-0.15, -0.1) is 10.2 Å². The second kappa shape index (κ2) is 10.9. The molecule has 0 bridgehead atoms. The Morgan fingerprint density at radius 1 is 1.06 bits per heavy atom. The number of hydrogen-bond acceptors (Lipinski definition) is 5. The van der Waals surface area contributed by atoms with Crippen LogP contribution in [-0.2, 0) is 17.5 Å². The minimum absolute atomic E-state index is 0.265. The number of rotatable bonds is 9. The average molecular weight is 492 g/mol. The van der Waals surface area contributed by atoms with Gasteiger partial charge in [0.25, 0.3) is 0 Å². The summed E-state index contributed by atoms with van der Waals surface area (Å²) in [5, 5.41) is 10.8. The standard InChI is InChI=1S/C24H28F3N5OS/c1-5-31(6-2)18-14-12-17(13-15-18)21-29-30-23(32(21)7-3)34-16(4)22(33)28-20-11-9-8-10-19(20)24(25,26)27/h8-16H,5-7H2,1-4H3,(H,28,33). The highest BCUT2D eigenvalue weighted by molar-refractivity contribution is 8.00. The molecule has 0 saturated carbocycles. The molecule has 182 valence electrons. The molecule has 0 saturated heterocycles. The fourth-order valence-corrected chi connectivity index (χ4v) is 4.48. The van der Waals surface area contributed by atoms with Crippen LogP contribution in [0.1, 0.15) is 33.3 Å². The van der Waals surface area contributed by atoms with Crippen LogP contribution >= 0.6 is 11.8 Å². The maximum Gasteiger partial charge on any atom is 0.418 e. The first-order valence-corrected chi connectivity index (χ1v) is 12.0. The molecule has 10 heteroatoms. The molecule has 1 amide bonds. The number of aromatic nitrogens is 3. The number of anilines is 2. The van der Waals surface area contributed by atoms with Gasteiger partial charge in [0.1, 0.15) is 0 Å². The Bertz CT molecular complexity index is 1110. The zero-order valence-corrected chi connectivity index (χ0v) is 20.4. The fraction of sp³-hybridized carbons (Fsp3) is 0.375. The number of carbonyl (C=O) groups is 1. The molecule has 1 unspecified atom stereocenters. The normalized spacial score (nSPS) is 12.4. The van der Waals surface area contributed by atoms with E-state index in [-0.39, 0.29) is 5.69 Å². The number of thioether (sulfide) groups is 1. The number of alkyl halides is 3. The first-order chi connectivity index (χ1) is 16.2. The van der Waals surface area contributed by atoms with E-state index >= 15 is 0 Å². The maximum atomic E-state index is 13.2. The summed E-state index contributed by atoms with van der Waals surface area (Å²) in [6, 6.07) is 13.0. The molecule has 1 heterocycles. The molecule has 2 aromatic carbocycles. The van der Waals surface area contributed by atoms with Crippen LogP contribution < -0.4 is 10.2 Å². The van der Waals surface area contributed by atoms with E-state index in [9.17, 15) is 18.0 Å². The summed E-state index contributed by atoms with van der Waals surface area (Å²) in [5.41, 5.74) is 0.870. The third-order valence-electron chi connectivity index (χ3n) is 5.43. The van der Waals surface area contributed by atoms with Crippen molar-refractivity contribution in [2.24, 2.45) is 0 Å². The summed E-state index contributed by atoms with van der Waals surface area (Å²) in [6.07, 6.45) is -4.56. The van der Waals surface area contributed by atoms with Gasteiger partial charge in [-0.2, -0.15) is 13.2 Å². The second-order valence-electron chi connectivity index (χ2n) is 7.56. The Kier molecular flexibility index (Phi) is 8.24. The average Bonchev–Trinajstić information content (AvgIpc) is 3.22. The minimum Gasteiger partial charge on any atom is -0.372 e. The molecule has 0 aliphatic carbocycles. The number of amides is 1. The van der Waals surface area contributed by atoms with Crippen molar-refractivity contribution in [3.63, 3.8) is 0 Å². The molecule has 1 atom stereocenters. The minimum atomic E-state index is -4.56. The summed E-state index contributed by atoms with van der Waals surface area (Å²) in [4.78, 5) is 14.9. The van der Waals surface area contributed by atoms with E-state index in [0.717, 1.165) is 42.2 Å². The van der Waals surface area contributed by atoms with Crippen LogP contribution in [0.2, 0.25) is 0 Å². The third kappa shape index (κ3) is 5.72. The number of benzene rings is 2. The van der Waals surface area contributed by atoms with Gasteiger partial charge in [0.2, 0.25) is 5.91 Å². The van der Waals surface area contributed by atoms with E-state index in [1.54, 1.807) is 6.92 Å². The van der Waals surface area contributed by atoms with Gasteiger partial charge in [-0.3, -0.25) is 4.79 Å². The van der Waals surface area contributed by atoms with E-state index in [2.05, 4.69) is 34.3 Å². The second-order valence-corrected chi connectivity index (χ2v) is 8.87. The lowest BCUT2D eigenvalue weighted by molar-refractivity contribution is -0.137. The van der Waals surface area contributed by atoms with Gasteiger partial charge >= 0.3 is 6.18 Å². The van der Waals surface area contributed by atoms with E-state index in [1.807, 2.05) is 35.8 Å². The van der Waals surface area contributed by atoms with Crippen molar-refractivity contribution in [1.29, 1.82) is 0 Å². The summed E-state index contributed by atoms with van der Waals surface area (Å²) in [7, 11) is 0. The quantitative estimate of drug-likeness (QED) is 0.375. The number of carbonyl (C=O) groups excluding carboxylic acids is 1. The first-order valence-electron chi connectivity index (χ1n) is 11.1. The van der Waals surface area contributed by atoms with Gasteiger partial charge < -0.3 is 14.8 Å². The summed E-state index contributed by atoms with van der Waals surface area (Å²) in [6.45, 7) is 10.2. The van der Waals surface area contributed by atoms with E-state index in [4.69, 9.17) is 0 Å². The van der Waals surface area contributed by atoms with Crippen molar-refractivity contribution in [1.82, 2.24) is 14.8 Å². The number of hydrogen-bond donors (Lipinski definition) is 1. The Morgan fingerprint density at radius 3 is 2.29 bits per heavy atom. The van der Waals surface area contributed by atoms with Gasteiger partial charge in [-0.1, -0.05) is 23.9 Å². The van der Waals surface area contributed by atoms with E-state index in [1.165, 1.54) is 18.2 Å². The molecule has 6 nitrogen and oxygen atoms in total. The van der Waals surface area contributed by atoms with Crippen LogP contribution in [0.5, 0.6) is 0 Å². The molecule has 3 rings (SSSR count). The van der Waals surface area contributed by atoms with Crippen LogP contribution in [-0.4, -0.2) is 39.0 Å². The molecule has 0 aliphatic heterocycles. The lowest BCUT2D eigenvalue weighted by Gasteiger charge is -2.21. The molecule has 0 fully saturated rings. The monoisotopic (exact) mass is 491 g/mol. The molecule has 1 aromatic heterocycles. The van der Waals surface area contributed by atoms with Crippen LogP contribution in [0.25, 0.3) is 11.4 Å². The summed E-state index contributed by atoms with van der Waals surface area (Å²) >= 11 is 1.15. The summed E-state index contributed by atoms with van der Waals surface area (Å²) in [5.74, 6) is 0.128. The number of halogens is 3. The Morgan fingerprint density at radius 2 is 1.71 bits per heavy atom. The van der Waals surface area contributed by atoms with Crippen LogP contribution in [0.3, 0.4) is 0 Å². The zero-order chi connectivity index (χ0) is 24.9. The maximum absolute atomic E-state index is 13.2. The highest BCUT2D eigenvalue weighted by Gasteiger charge is 2.34. The highest BCUT2D eigenvalue weighted by Crippen LogP contribution is 2.35. The van der Waals surface area contributed by atoms with Gasteiger partial charge in [0.05, 0.1) is 16.5 Å². The fourth-order valence-electron chi connectivity index (χ4n) is 3.57. The van der Waals surface area contributed by atoms with E-state index < -0.39 is 22.9 Å². The largest absolute Gasteiger partial charge is 0.418 e. The smallest absolute Gasteiger partial charge is 0.372 e. The topological polar surface area (TPSA) is 63.1 Å². The van der Waals surface area contributed by atoms with Crippen molar-refractivity contribution in [3.05, 3.63) is 54.1 Å². The van der Waals surface area contributed by atoms with Gasteiger partial charge in [-0.05, 0) is 64.1 Å². The zero-order valence-electron chi connectivity index (χ0n) is 19.6. The Balaban J connectivity index is 1.76. The molecule has 0 aliphatic rings. The third-order valence-corrected chi connectivity index (χ3v) is 6.51. The van der Waals surface area contributed by atoms with Crippen molar-refractivity contribution < 1.29 is 18.0 Å². The lowest BCUT2D eigenvalue weighted by atomic mass is 10.1. The predicted molar refractivity (Wildman–Crippen MR) is 130 cm³/mol. The van der Waals surface area contributed by atoms with Crippen LogP contribution in [0.15, 0.2) is 53.7 Å². The van der Waals surface area contributed by atoms with Crippen molar-refractivity contribution in [2.75, 3.05) is 23.3 Å². The SMILES string of the molecule is CCN(CC)c1ccc(-c2nnc(SC(C)C(=O)Nc3ccccc3C(F)(F)F)n2CC)cc1. The van der Waals surface area contributed by atoms with E-state index in [0.29, 0.717) is 17.5 Å². The molecule has 34 heavy (non-hydrogen) atoms. The molecular formula is C24H28F3N5OS. The number of nitrogens with one attached hydrogen (secondary N) is 1. The van der Waals surface area contributed by atoms with Gasteiger partial charge in [0, 0.05) is 30.9 Å². The number of nitrogens with zero attached hydrogens (tertiary/aromatic N) is 4. The molecule has 1 N–H and O–H groups in total. The predicted octanol–water partition coefficient (Wildman–Crippen LogP) is 5.95. The molecule has 3 aromatic rings. The van der Waals surface area contributed by atoms with Crippen molar-refractivity contribution in [2.45, 2.75) is 50.8 Å². The Labute approximate surface area is 201 Å². The highest BCUT2D eigenvalue weighted by atomic mass is 32.2. The van der Waals surface area contributed by atoms with Crippen LogP contribution in [0.4, 0.5) is 24.5 Å². The first kappa shape index (κ1) is 25.6. The Hall–Kier alpha value is -3.01. The summed E-state index contributed by atoms with van der Waals surface area (Å²) < 4.78 is 41.6. The van der Waals surface area contributed by atoms with Crippen molar-refractivity contribution in [3.8, 4) is 11.4 Å². The molecule has 0 spiro atoms.